The van der Waals surface area contributed by atoms with Crippen LogP contribution in [0.2, 0.25) is 0 Å². The number of hydrogen-bond acceptors (Lipinski definition) is 9. The van der Waals surface area contributed by atoms with Gasteiger partial charge in [-0.05, 0) is 43.5 Å². The first kappa shape index (κ1) is 22.8. The summed E-state index contributed by atoms with van der Waals surface area (Å²) in [5, 5.41) is 12.2. The Morgan fingerprint density at radius 3 is 2.59 bits per heavy atom. The molecule has 0 aliphatic carbocycles. The third-order valence-electron chi connectivity index (χ3n) is 6.28. The van der Waals surface area contributed by atoms with Gasteiger partial charge in [0.05, 0.1) is 0 Å². The zero-order valence-corrected chi connectivity index (χ0v) is 20.1. The van der Waals surface area contributed by atoms with Gasteiger partial charge in [-0.3, -0.25) is 9.78 Å². The zero-order valence-electron chi connectivity index (χ0n) is 18.4. The van der Waals surface area contributed by atoms with Gasteiger partial charge in [-0.1, -0.05) is 6.07 Å². The molecule has 0 radical (unpaired) electrons. The molecule has 3 aromatic heterocycles. The maximum Gasteiger partial charge on any atom is 0.260 e. The number of nitrogens with zero attached hydrogens (tertiary/aromatic N) is 6. The highest BCUT2D eigenvalue weighted by Crippen LogP contribution is 2.31. The summed E-state index contributed by atoms with van der Waals surface area (Å²) in [6, 6.07) is 8.38. The molecule has 2 saturated heterocycles. The zero-order chi connectivity index (χ0) is 23.5. The topological polar surface area (TPSA) is 121 Å². The fourth-order valence-corrected chi connectivity index (χ4v) is 6.49. The van der Waals surface area contributed by atoms with E-state index in [2.05, 4.69) is 30.4 Å². The number of rotatable bonds is 6. The molecule has 1 unspecified atom stereocenters. The number of amides is 1. The number of aromatic nitrogens is 4. The fraction of sp³-hybridized carbons (Fsp3) is 0.409. The van der Waals surface area contributed by atoms with Gasteiger partial charge in [-0.25, -0.2) is 13.4 Å². The van der Waals surface area contributed by atoms with Gasteiger partial charge in [-0.15, -0.1) is 21.5 Å². The molecule has 2 aliphatic heterocycles. The first-order valence-electron chi connectivity index (χ1n) is 11.2. The summed E-state index contributed by atoms with van der Waals surface area (Å²) in [4.78, 5) is 22.9. The van der Waals surface area contributed by atoms with Crippen LogP contribution in [0.5, 0.6) is 0 Å². The number of carbonyl (C=O) groups is 1. The second kappa shape index (κ2) is 9.72. The van der Waals surface area contributed by atoms with Gasteiger partial charge in [0.25, 0.3) is 15.9 Å². The third-order valence-corrected chi connectivity index (χ3v) is 8.94. The first-order chi connectivity index (χ1) is 16.5. The Labute approximate surface area is 202 Å². The highest BCUT2D eigenvalue weighted by atomic mass is 32.2. The Morgan fingerprint density at radius 1 is 1.06 bits per heavy atom. The van der Waals surface area contributed by atoms with Crippen LogP contribution in [0.4, 0.5) is 5.82 Å². The smallest absolute Gasteiger partial charge is 0.260 e. The van der Waals surface area contributed by atoms with E-state index in [4.69, 9.17) is 0 Å². The van der Waals surface area contributed by atoms with E-state index < -0.39 is 10.0 Å². The van der Waals surface area contributed by atoms with E-state index >= 15 is 0 Å². The van der Waals surface area contributed by atoms with Crippen LogP contribution < -0.4 is 10.2 Å². The van der Waals surface area contributed by atoms with E-state index in [0.29, 0.717) is 37.3 Å². The van der Waals surface area contributed by atoms with Crippen LogP contribution in [0, 0.1) is 0 Å². The molecule has 0 aromatic carbocycles. The minimum Gasteiger partial charge on any atom is -0.356 e. The van der Waals surface area contributed by atoms with E-state index in [-0.39, 0.29) is 22.9 Å². The predicted octanol–water partition coefficient (Wildman–Crippen LogP) is 1.91. The van der Waals surface area contributed by atoms with Gasteiger partial charge in [0.15, 0.2) is 5.03 Å². The summed E-state index contributed by atoms with van der Waals surface area (Å²) >= 11 is 1.55. The van der Waals surface area contributed by atoms with Crippen molar-refractivity contribution in [1.82, 2.24) is 29.8 Å². The van der Waals surface area contributed by atoms with Crippen molar-refractivity contribution in [2.24, 2.45) is 0 Å². The lowest BCUT2D eigenvalue weighted by Gasteiger charge is -2.31. The van der Waals surface area contributed by atoms with Crippen molar-refractivity contribution in [1.29, 1.82) is 0 Å². The van der Waals surface area contributed by atoms with Crippen LogP contribution in [0.3, 0.4) is 0 Å². The molecule has 2 aliphatic rings. The van der Waals surface area contributed by atoms with Crippen molar-refractivity contribution in [3.63, 3.8) is 0 Å². The molecule has 1 atom stereocenters. The van der Waals surface area contributed by atoms with Crippen LogP contribution in [0.25, 0.3) is 0 Å². The quantitative estimate of drug-likeness (QED) is 0.546. The van der Waals surface area contributed by atoms with Gasteiger partial charge >= 0.3 is 0 Å². The monoisotopic (exact) mass is 499 g/mol. The summed E-state index contributed by atoms with van der Waals surface area (Å²) in [7, 11) is -3.72. The van der Waals surface area contributed by atoms with E-state index in [9.17, 15) is 13.2 Å². The second-order valence-corrected chi connectivity index (χ2v) is 11.2. The van der Waals surface area contributed by atoms with Crippen molar-refractivity contribution in [2.75, 3.05) is 31.1 Å². The summed E-state index contributed by atoms with van der Waals surface area (Å²) in [6.07, 6.45) is 5.18. The minimum absolute atomic E-state index is 0.0589. The Kier molecular flexibility index (Phi) is 6.53. The lowest BCUT2D eigenvalue weighted by molar-refractivity contribution is 0.0923. The third kappa shape index (κ3) is 4.79. The van der Waals surface area contributed by atoms with Crippen LogP contribution >= 0.6 is 11.3 Å². The number of nitrogens with one attached hydrogen (secondary N) is 1. The number of hydrogen-bond donors (Lipinski definition) is 1. The fourth-order valence-electron chi connectivity index (χ4n) is 4.40. The van der Waals surface area contributed by atoms with Crippen molar-refractivity contribution in [2.45, 2.75) is 36.2 Å². The average Bonchev–Trinajstić information content (AvgIpc) is 3.57. The van der Waals surface area contributed by atoms with Crippen LogP contribution in [0.15, 0.2) is 53.3 Å². The molecular weight excluding hydrogens is 474 g/mol. The van der Waals surface area contributed by atoms with Crippen molar-refractivity contribution >= 4 is 33.1 Å². The molecule has 2 fully saturated rings. The van der Waals surface area contributed by atoms with E-state index in [0.717, 1.165) is 24.5 Å². The molecule has 10 nitrogen and oxygen atoms in total. The van der Waals surface area contributed by atoms with Crippen molar-refractivity contribution in [3.8, 4) is 0 Å². The van der Waals surface area contributed by atoms with Gasteiger partial charge < -0.3 is 10.2 Å². The van der Waals surface area contributed by atoms with Gasteiger partial charge in [0.2, 0.25) is 0 Å². The molecule has 178 valence electrons. The van der Waals surface area contributed by atoms with E-state index in [1.165, 1.54) is 4.31 Å². The lowest BCUT2D eigenvalue weighted by atomic mass is 10.1. The minimum atomic E-state index is -3.72. The van der Waals surface area contributed by atoms with Gasteiger partial charge in [0, 0.05) is 56.1 Å². The number of sulfonamides is 1. The Morgan fingerprint density at radius 2 is 1.85 bits per heavy atom. The highest BCUT2D eigenvalue weighted by Gasteiger charge is 2.32. The van der Waals surface area contributed by atoms with Crippen molar-refractivity contribution < 1.29 is 13.2 Å². The Balaban J connectivity index is 1.21. The highest BCUT2D eigenvalue weighted by molar-refractivity contribution is 7.89. The standard InChI is InChI=1S/C22H25N7O3S2/c30-21(16-4-9-23-10-5-16)25-18-7-12-29(13-8-18)34(31,32)20-3-1-2-19(26-20)28-11-6-17(14-28)22-27-24-15-33-22/h1-5,9-10,15,17-18H,6-8,11-14H2,(H,25,30). The molecule has 0 saturated carbocycles. The summed E-state index contributed by atoms with van der Waals surface area (Å²) in [5.74, 6) is 0.777. The normalized spacial score (nSPS) is 19.9. The number of pyridine rings is 2. The van der Waals surface area contributed by atoms with Crippen LogP contribution in [-0.4, -0.2) is 71.0 Å². The SMILES string of the molecule is O=C(NC1CCN(S(=O)(=O)c2cccc(N3CCC(c4nncs4)C3)n2)CC1)c1ccncc1. The molecule has 3 aromatic rings. The second-order valence-electron chi connectivity index (χ2n) is 8.43. The number of anilines is 1. The molecule has 0 spiro atoms. The van der Waals surface area contributed by atoms with Crippen LogP contribution in [-0.2, 0) is 10.0 Å². The number of carbonyl (C=O) groups excluding carboxylic acids is 1. The lowest BCUT2D eigenvalue weighted by Crippen LogP contribution is -2.46. The molecule has 0 bridgehead atoms. The molecule has 1 amide bonds. The summed E-state index contributed by atoms with van der Waals surface area (Å²) < 4.78 is 28.0. The molecule has 12 heteroatoms. The molecule has 1 N–H and O–H groups in total. The van der Waals surface area contributed by atoms with E-state index in [1.54, 1.807) is 53.5 Å². The van der Waals surface area contributed by atoms with Gasteiger partial charge in [0.1, 0.15) is 16.3 Å². The maximum absolute atomic E-state index is 13.3. The van der Waals surface area contributed by atoms with E-state index in [1.807, 2.05) is 6.07 Å². The molecular formula is C22H25N7O3S2. The first-order valence-corrected chi connectivity index (χ1v) is 13.5. The molecule has 5 rings (SSSR count). The Hall–Kier alpha value is -2.96. The molecule has 5 heterocycles. The largest absolute Gasteiger partial charge is 0.356 e. The van der Waals surface area contributed by atoms with Gasteiger partial charge in [-0.2, -0.15) is 4.31 Å². The summed E-state index contributed by atoms with van der Waals surface area (Å²) in [5.41, 5.74) is 2.28. The van der Waals surface area contributed by atoms with Crippen LogP contribution in [0.1, 0.15) is 40.5 Å². The predicted molar refractivity (Wildman–Crippen MR) is 127 cm³/mol. The Bertz CT molecular complexity index is 1230. The van der Waals surface area contributed by atoms with Crippen molar-refractivity contribution in [3.05, 3.63) is 58.8 Å². The number of piperidine rings is 1. The molecule has 34 heavy (non-hydrogen) atoms. The maximum atomic E-state index is 13.3. The average molecular weight is 500 g/mol. The summed E-state index contributed by atoms with van der Waals surface area (Å²) in [6.45, 7) is 2.20.